The van der Waals surface area contributed by atoms with Crippen LogP contribution in [0, 0.1) is 5.92 Å². The first kappa shape index (κ1) is 29.7. The molecule has 2 rings (SSSR count). The van der Waals surface area contributed by atoms with Gasteiger partial charge in [-0.1, -0.05) is 32.0 Å². The van der Waals surface area contributed by atoms with Gasteiger partial charge in [0.1, 0.15) is 18.1 Å². The van der Waals surface area contributed by atoms with Gasteiger partial charge in [-0.05, 0) is 49.8 Å². The maximum Gasteiger partial charge on any atom is 0.328 e. The van der Waals surface area contributed by atoms with Crippen molar-refractivity contribution in [2.75, 3.05) is 13.2 Å². The topological polar surface area (TPSA) is 213 Å². The number of carbonyl (C=O) groups is 4. The van der Waals surface area contributed by atoms with Crippen LogP contribution in [0.1, 0.15) is 38.7 Å². The van der Waals surface area contributed by atoms with E-state index >= 15 is 0 Å². The lowest BCUT2D eigenvalue weighted by Gasteiger charge is -2.27. The number of rotatable bonds is 15. The number of amides is 3. The number of carboxylic acid groups (broad SMARTS) is 1. The van der Waals surface area contributed by atoms with Gasteiger partial charge < -0.3 is 42.6 Å². The number of fused-ring (bicyclic) bond motifs is 1. The Morgan fingerprint density at radius 2 is 1.65 bits per heavy atom. The molecular weight excluding hydrogens is 480 g/mol. The summed E-state index contributed by atoms with van der Waals surface area (Å²) >= 11 is 0. The zero-order chi connectivity index (χ0) is 27.5. The molecule has 0 spiro atoms. The number of benzene rings is 1. The molecule has 204 valence electrons. The Morgan fingerprint density at radius 1 is 0.973 bits per heavy atom. The monoisotopic (exact) mass is 518 g/mol. The summed E-state index contributed by atoms with van der Waals surface area (Å²) in [6.07, 6.45) is 3.34. The molecular formula is C25H38N6O6. The molecule has 10 N–H and O–H groups in total. The van der Waals surface area contributed by atoms with E-state index in [1.165, 1.54) is 0 Å². The van der Waals surface area contributed by atoms with E-state index in [-0.39, 0.29) is 18.8 Å². The first-order valence-corrected chi connectivity index (χ1v) is 12.3. The van der Waals surface area contributed by atoms with Crippen LogP contribution in [-0.4, -0.2) is 76.2 Å². The van der Waals surface area contributed by atoms with E-state index < -0.39 is 54.5 Å². The van der Waals surface area contributed by atoms with Crippen molar-refractivity contribution in [2.45, 2.75) is 63.7 Å². The zero-order valence-electron chi connectivity index (χ0n) is 21.2. The third kappa shape index (κ3) is 8.55. The molecule has 0 aliphatic carbocycles. The van der Waals surface area contributed by atoms with E-state index in [2.05, 4.69) is 20.9 Å². The molecule has 0 saturated heterocycles. The molecule has 2 aromatic rings. The highest BCUT2D eigenvalue weighted by molar-refractivity contribution is 5.94. The molecule has 1 aromatic carbocycles. The molecule has 0 radical (unpaired) electrons. The lowest BCUT2D eigenvalue weighted by atomic mass is 10.00. The van der Waals surface area contributed by atoms with Gasteiger partial charge in [-0.2, -0.15) is 0 Å². The maximum atomic E-state index is 13.1. The molecule has 0 saturated carbocycles. The van der Waals surface area contributed by atoms with Gasteiger partial charge >= 0.3 is 5.97 Å². The number of unbranched alkanes of at least 4 members (excludes halogenated alkanes) is 1. The lowest BCUT2D eigenvalue weighted by Crippen LogP contribution is -2.58. The molecule has 4 unspecified atom stereocenters. The Hall–Kier alpha value is -3.48. The highest BCUT2D eigenvalue weighted by Gasteiger charge is 2.31. The summed E-state index contributed by atoms with van der Waals surface area (Å²) in [5.41, 5.74) is 13.5. The third-order valence-corrected chi connectivity index (χ3v) is 6.08. The SMILES string of the molecule is CC(C)C(NC(=O)C(N)Cc1c[nH]c2ccccc12)C(=O)NC(CCCCN)C(=O)NC(CO)C(=O)O. The summed E-state index contributed by atoms with van der Waals surface area (Å²) in [6, 6.07) is 3.15. The largest absolute Gasteiger partial charge is 0.480 e. The number of aromatic amines is 1. The van der Waals surface area contributed by atoms with Crippen molar-refractivity contribution in [3.05, 3.63) is 36.0 Å². The zero-order valence-corrected chi connectivity index (χ0v) is 21.2. The smallest absolute Gasteiger partial charge is 0.328 e. The Bertz CT molecular complexity index is 1070. The molecule has 4 atom stereocenters. The number of aliphatic hydroxyl groups excluding tert-OH is 1. The number of carboxylic acids is 1. The predicted octanol–water partition coefficient (Wildman–Crippen LogP) is -0.646. The van der Waals surface area contributed by atoms with Gasteiger partial charge in [-0.3, -0.25) is 14.4 Å². The van der Waals surface area contributed by atoms with Gasteiger partial charge in [0.25, 0.3) is 0 Å². The summed E-state index contributed by atoms with van der Waals surface area (Å²) in [5, 5.41) is 26.8. The first-order chi connectivity index (χ1) is 17.6. The van der Waals surface area contributed by atoms with Crippen molar-refractivity contribution < 1.29 is 29.4 Å². The van der Waals surface area contributed by atoms with Gasteiger partial charge in [0.15, 0.2) is 0 Å². The first-order valence-electron chi connectivity index (χ1n) is 12.3. The van der Waals surface area contributed by atoms with Gasteiger partial charge in [0.05, 0.1) is 12.6 Å². The van der Waals surface area contributed by atoms with E-state index in [1.807, 2.05) is 24.3 Å². The molecule has 0 aliphatic heterocycles. The fourth-order valence-corrected chi connectivity index (χ4v) is 3.91. The highest BCUT2D eigenvalue weighted by Crippen LogP contribution is 2.19. The number of nitrogens with one attached hydrogen (secondary N) is 4. The van der Waals surface area contributed by atoms with E-state index in [1.54, 1.807) is 20.0 Å². The quantitative estimate of drug-likeness (QED) is 0.142. The van der Waals surface area contributed by atoms with Crippen molar-refractivity contribution in [3.8, 4) is 0 Å². The molecule has 12 nitrogen and oxygen atoms in total. The number of carbonyl (C=O) groups excluding carboxylic acids is 3. The lowest BCUT2D eigenvalue weighted by molar-refractivity contribution is -0.143. The summed E-state index contributed by atoms with van der Waals surface area (Å²) < 4.78 is 0. The van der Waals surface area contributed by atoms with Crippen LogP contribution < -0.4 is 27.4 Å². The van der Waals surface area contributed by atoms with Crippen molar-refractivity contribution >= 4 is 34.6 Å². The fraction of sp³-hybridized carbons (Fsp3) is 0.520. The summed E-state index contributed by atoms with van der Waals surface area (Å²) in [5.74, 6) is -3.61. The number of nitrogens with two attached hydrogens (primary N) is 2. The summed E-state index contributed by atoms with van der Waals surface area (Å²) in [7, 11) is 0. The normalized spacial score (nSPS) is 14.5. The molecule has 3 amide bonds. The van der Waals surface area contributed by atoms with E-state index in [9.17, 15) is 24.3 Å². The molecule has 12 heteroatoms. The second-order valence-electron chi connectivity index (χ2n) is 9.33. The molecule has 1 aromatic heterocycles. The average Bonchev–Trinajstić information content (AvgIpc) is 3.27. The van der Waals surface area contributed by atoms with Crippen LogP contribution in [0.3, 0.4) is 0 Å². The van der Waals surface area contributed by atoms with Crippen molar-refractivity contribution in [1.29, 1.82) is 0 Å². The minimum atomic E-state index is -1.51. The number of para-hydroxylation sites is 1. The van der Waals surface area contributed by atoms with Crippen LogP contribution in [0.25, 0.3) is 10.9 Å². The second kappa shape index (κ2) is 14.3. The van der Waals surface area contributed by atoms with Crippen LogP contribution in [-0.2, 0) is 25.6 Å². The summed E-state index contributed by atoms with van der Waals surface area (Å²) in [6.45, 7) is 3.07. The van der Waals surface area contributed by atoms with E-state index in [4.69, 9.17) is 16.6 Å². The van der Waals surface area contributed by atoms with Crippen LogP contribution in [0.5, 0.6) is 0 Å². The standard InChI is InChI=1S/C25H38N6O6/c1-14(2)21(31-22(33)17(27)11-15-12-28-18-8-4-3-7-16(15)18)24(35)29-19(9-5-6-10-26)23(34)30-20(13-32)25(36)37/h3-4,7-8,12,14,17,19-21,28,32H,5-6,9-11,13,26-27H2,1-2H3,(H,29,35)(H,30,34)(H,31,33)(H,36,37). The van der Waals surface area contributed by atoms with Gasteiger partial charge in [0, 0.05) is 17.1 Å². The molecule has 1 heterocycles. The molecule has 0 aliphatic rings. The fourth-order valence-electron chi connectivity index (χ4n) is 3.91. The maximum absolute atomic E-state index is 13.1. The Morgan fingerprint density at radius 3 is 2.27 bits per heavy atom. The average molecular weight is 519 g/mol. The Kier molecular flexibility index (Phi) is 11.5. The third-order valence-electron chi connectivity index (χ3n) is 6.08. The predicted molar refractivity (Wildman–Crippen MR) is 138 cm³/mol. The number of hydrogen-bond acceptors (Lipinski definition) is 7. The van der Waals surface area contributed by atoms with E-state index in [0.29, 0.717) is 19.4 Å². The Labute approximate surface area is 215 Å². The van der Waals surface area contributed by atoms with Crippen LogP contribution in [0.15, 0.2) is 30.5 Å². The molecule has 0 bridgehead atoms. The van der Waals surface area contributed by atoms with Crippen molar-refractivity contribution in [2.24, 2.45) is 17.4 Å². The highest BCUT2D eigenvalue weighted by atomic mass is 16.4. The van der Waals surface area contributed by atoms with E-state index in [0.717, 1.165) is 16.5 Å². The number of aliphatic hydroxyl groups is 1. The van der Waals surface area contributed by atoms with Crippen LogP contribution >= 0.6 is 0 Å². The molecule has 37 heavy (non-hydrogen) atoms. The molecule has 0 fully saturated rings. The second-order valence-corrected chi connectivity index (χ2v) is 9.33. The van der Waals surface area contributed by atoms with Crippen LogP contribution in [0.2, 0.25) is 0 Å². The van der Waals surface area contributed by atoms with Gasteiger partial charge in [-0.25, -0.2) is 4.79 Å². The van der Waals surface area contributed by atoms with Gasteiger partial charge in [0.2, 0.25) is 17.7 Å². The van der Waals surface area contributed by atoms with Crippen molar-refractivity contribution in [1.82, 2.24) is 20.9 Å². The number of H-pyrrole nitrogens is 1. The minimum Gasteiger partial charge on any atom is -0.480 e. The number of aromatic nitrogens is 1. The minimum absolute atomic E-state index is 0.200. The number of aliphatic carboxylic acids is 1. The Balaban J connectivity index is 2.08. The summed E-state index contributed by atoms with van der Waals surface area (Å²) in [4.78, 5) is 53.1. The van der Waals surface area contributed by atoms with Gasteiger partial charge in [-0.15, -0.1) is 0 Å². The van der Waals surface area contributed by atoms with Crippen LogP contribution in [0.4, 0.5) is 0 Å². The van der Waals surface area contributed by atoms with Crippen molar-refractivity contribution in [3.63, 3.8) is 0 Å². The number of hydrogen-bond donors (Lipinski definition) is 8.